The maximum Gasteiger partial charge on any atom is 0.319 e. The Balaban J connectivity index is 1.93. The molecule has 0 spiro atoms. The van der Waals surface area contributed by atoms with Gasteiger partial charge in [-0.15, -0.1) is 0 Å². The molecule has 178 valence electrons. The van der Waals surface area contributed by atoms with Gasteiger partial charge in [-0.2, -0.15) is 0 Å². The minimum Gasteiger partial charge on any atom is -0.505 e. The van der Waals surface area contributed by atoms with Gasteiger partial charge in [0, 0.05) is 18.8 Å². The maximum atomic E-state index is 12.9. The molecule has 0 fully saturated rings. The lowest BCUT2D eigenvalue weighted by Crippen LogP contribution is -2.36. The number of ether oxygens (including phenoxy) is 1. The van der Waals surface area contributed by atoms with Crippen LogP contribution in [-0.2, 0) is 16.6 Å². The molecule has 0 radical (unpaired) electrons. The highest BCUT2D eigenvalue weighted by Gasteiger charge is 2.22. The first-order chi connectivity index (χ1) is 16.2. The minimum absolute atomic E-state index is 0.101. The van der Waals surface area contributed by atoms with Crippen molar-refractivity contribution in [3.05, 3.63) is 81.8 Å². The number of hydrogen-bond donors (Lipinski definition) is 3. The van der Waals surface area contributed by atoms with E-state index in [1.165, 1.54) is 17.8 Å². The van der Waals surface area contributed by atoms with Crippen LogP contribution in [-0.4, -0.2) is 28.3 Å². The summed E-state index contributed by atoms with van der Waals surface area (Å²) in [6, 6.07) is 14.0. The first-order valence-corrected chi connectivity index (χ1v) is 11.0. The molecule has 8 heteroatoms. The van der Waals surface area contributed by atoms with Crippen molar-refractivity contribution in [2.75, 3.05) is 11.9 Å². The summed E-state index contributed by atoms with van der Waals surface area (Å²) in [5.41, 5.74) is 3.38. The Hall–Kier alpha value is -4.07. The molecule has 3 rings (SSSR count). The van der Waals surface area contributed by atoms with Crippen molar-refractivity contribution in [2.24, 2.45) is 7.05 Å². The number of amides is 2. The van der Waals surface area contributed by atoms with Gasteiger partial charge in [-0.05, 0) is 49.1 Å². The number of benzene rings is 2. The summed E-state index contributed by atoms with van der Waals surface area (Å²) in [5.74, 6) is -0.772. The van der Waals surface area contributed by atoms with Gasteiger partial charge in [0.2, 0.25) is 0 Å². The number of esters is 1. The molecule has 0 aliphatic heterocycles. The largest absolute Gasteiger partial charge is 0.505 e. The summed E-state index contributed by atoms with van der Waals surface area (Å²) in [6.07, 6.45) is 1.37. The highest BCUT2D eigenvalue weighted by atomic mass is 16.5. The van der Waals surface area contributed by atoms with Crippen molar-refractivity contribution >= 4 is 17.7 Å². The molecule has 1 atom stereocenters. The quantitative estimate of drug-likeness (QED) is 0.455. The van der Waals surface area contributed by atoms with Crippen LogP contribution >= 0.6 is 0 Å². The number of nitrogens with zero attached hydrogens (tertiary/aromatic N) is 1. The number of aromatic nitrogens is 1. The van der Waals surface area contributed by atoms with Gasteiger partial charge >= 0.3 is 12.0 Å². The van der Waals surface area contributed by atoms with Crippen LogP contribution in [0.1, 0.15) is 36.1 Å². The Morgan fingerprint density at radius 2 is 1.79 bits per heavy atom. The van der Waals surface area contributed by atoms with Gasteiger partial charge in [-0.1, -0.05) is 42.5 Å². The zero-order valence-electron chi connectivity index (χ0n) is 19.7. The Morgan fingerprint density at radius 1 is 1.09 bits per heavy atom. The van der Waals surface area contributed by atoms with E-state index in [1.54, 1.807) is 13.8 Å². The topological polar surface area (TPSA) is 110 Å². The number of anilines is 1. The van der Waals surface area contributed by atoms with Gasteiger partial charge in [0.1, 0.15) is 5.75 Å². The number of aromatic hydroxyl groups is 1. The fourth-order valence-electron chi connectivity index (χ4n) is 3.73. The Kier molecular flexibility index (Phi) is 7.73. The van der Waals surface area contributed by atoms with E-state index in [1.807, 2.05) is 55.5 Å². The molecule has 3 aromatic rings. The molecule has 1 unspecified atom stereocenters. The van der Waals surface area contributed by atoms with E-state index in [0.717, 1.165) is 16.7 Å². The summed E-state index contributed by atoms with van der Waals surface area (Å²) in [6.45, 7) is 5.54. The van der Waals surface area contributed by atoms with Crippen LogP contribution in [0.25, 0.3) is 11.1 Å². The predicted octanol–water partition coefficient (Wildman–Crippen LogP) is 4.19. The van der Waals surface area contributed by atoms with Crippen LogP contribution in [0.4, 0.5) is 10.5 Å². The van der Waals surface area contributed by atoms with Crippen LogP contribution in [0.2, 0.25) is 0 Å². The van der Waals surface area contributed by atoms with Crippen molar-refractivity contribution in [3.63, 3.8) is 0 Å². The number of rotatable bonds is 7. The molecule has 0 bridgehead atoms. The second-order valence-corrected chi connectivity index (χ2v) is 8.05. The number of nitrogens with one attached hydrogen (secondary N) is 2. The summed E-state index contributed by atoms with van der Waals surface area (Å²) in [7, 11) is 1.53. The molecule has 0 saturated carbocycles. The van der Waals surface area contributed by atoms with Gasteiger partial charge in [-0.3, -0.25) is 9.59 Å². The zero-order valence-corrected chi connectivity index (χ0v) is 19.7. The number of carbonyl (C=O) groups is 2. The number of carbonyl (C=O) groups excluding carboxylic acids is 2. The van der Waals surface area contributed by atoms with E-state index >= 15 is 0 Å². The third-order valence-electron chi connectivity index (χ3n) is 5.50. The fourth-order valence-corrected chi connectivity index (χ4v) is 3.73. The molecule has 8 nitrogen and oxygen atoms in total. The van der Waals surface area contributed by atoms with Gasteiger partial charge in [0.25, 0.3) is 5.56 Å². The molecule has 0 saturated heterocycles. The van der Waals surface area contributed by atoms with Gasteiger partial charge < -0.3 is 25.0 Å². The predicted molar refractivity (Wildman–Crippen MR) is 131 cm³/mol. The monoisotopic (exact) mass is 463 g/mol. The molecule has 2 amide bonds. The van der Waals surface area contributed by atoms with E-state index in [4.69, 9.17) is 4.74 Å². The van der Waals surface area contributed by atoms with E-state index in [2.05, 4.69) is 10.6 Å². The van der Waals surface area contributed by atoms with Crippen LogP contribution in [0.3, 0.4) is 0 Å². The molecule has 0 aliphatic carbocycles. The fraction of sp³-hybridized carbons (Fsp3) is 0.269. The first kappa shape index (κ1) is 24.6. The normalized spacial score (nSPS) is 11.5. The van der Waals surface area contributed by atoms with E-state index in [0.29, 0.717) is 11.1 Å². The Labute approximate surface area is 198 Å². The second kappa shape index (κ2) is 10.7. The first-order valence-electron chi connectivity index (χ1n) is 11.0. The van der Waals surface area contributed by atoms with Crippen molar-refractivity contribution in [1.29, 1.82) is 0 Å². The van der Waals surface area contributed by atoms with Gasteiger partial charge in [0.05, 0.1) is 19.1 Å². The third-order valence-corrected chi connectivity index (χ3v) is 5.50. The highest BCUT2D eigenvalue weighted by molar-refractivity contribution is 5.91. The van der Waals surface area contributed by atoms with E-state index in [9.17, 15) is 19.5 Å². The second-order valence-electron chi connectivity index (χ2n) is 8.05. The Morgan fingerprint density at radius 3 is 2.47 bits per heavy atom. The van der Waals surface area contributed by atoms with Gasteiger partial charge in [-0.25, -0.2) is 4.79 Å². The highest BCUT2D eigenvalue weighted by Crippen LogP contribution is 2.29. The number of urea groups is 1. The van der Waals surface area contributed by atoms with Crippen molar-refractivity contribution < 1.29 is 19.4 Å². The molecule has 1 heterocycles. The van der Waals surface area contributed by atoms with Crippen LogP contribution < -0.4 is 16.2 Å². The number of pyridine rings is 1. The minimum atomic E-state index is -0.728. The average molecular weight is 464 g/mol. The zero-order chi connectivity index (χ0) is 24.8. The number of hydrogen-bond acceptors (Lipinski definition) is 5. The molecule has 34 heavy (non-hydrogen) atoms. The summed E-state index contributed by atoms with van der Waals surface area (Å²) in [4.78, 5) is 37.6. The standard InChI is InChI=1S/C26H29N3O5/c1-5-34-22(30)14-21(19-12-11-16(2)20(13-19)18-9-7-6-8-10-18)27-26(33)28-23-24(31)17(3)15-29(4)25(23)32/h6-13,15,21,31H,5,14H2,1-4H3,(H2,27,28,33). The average Bonchev–Trinajstić information content (AvgIpc) is 2.81. The maximum absolute atomic E-state index is 12.9. The van der Waals surface area contributed by atoms with Crippen molar-refractivity contribution in [2.45, 2.75) is 33.2 Å². The Bertz CT molecular complexity index is 1250. The molecular formula is C26H29N3O5. The molecule has 1 aromatic heterocycles. The van der Waals surface area contributed by atoms with E-state index in [-0.39, 0.29) is 24.5 Å². The molecule has 3 N–H and O–H groups in total. The van der Waals surface area contributed by atoms with Crippen LogP contribution in [0.15, 0.2) is 59.5 Å². The van der Waals surface area contributed by atoms with Crippen LogP contribution in [0, 0.1) is 13.8 Å². The van der Waals surface area contributed by atoms with Crippen LogP contribution in [0.5, 0.6) is 5.75 Å². The summed E-state index contributed by atoms with van der Waals surface area (Å²) in [5, 5.41) is 15.5. The lowest BCUT2D eigenvalue weighted by atomic mass is 9.94. The van der Waals surface area contributed by atoms with Crippen molar-refractivity contribution in [1.82, 2.24) is 9.88 Å². The lowest BCUT2D eigenvalue weighted by Gasteiger charge is -2.21. The molecule has 2 aromatic carbocycles. The summed E-state index contributed by atoms with van der Waals surface area (Å²) >= 11 is 0. The third kappa shape index (κ3) is 5.64. The molecular weight excluding hydrogens is 434 g/mol. The van der Waals surface area contributed by atoms with E-state index < -0.39 is 23.6 Å². The molecule has 0 aliphatic rings. The SMILES string of the molecule is CCOC(=O)CC(NC(=O)Nc1c(O)c(C)cn(C)c1=O)c1ccc(C)c(-c2ccccc2)c1. The van der Waals surface area contributed by atoms with Crippen molar-refractivity contribution in [3.8, 4) is 16.9 Å². The van der Waals surface area contributed by atoms with Gasteiger partial charge in [0.15, 0.2) is 5.69 Å². The smallest absolute Gasteiger partial charge is 0.319 e. The summed E-state index contributed by atoms with van der Waals surface area (Å²) < 4.78 is 6.37. The number of aryl methyl sites for hydroxylation is 3. The lowest BCUT2D eigenvalue weighted by molar-refractivity contribution is -0.143.